The number of amides is 1. The first kappa shape index (κ1) is 18.4. The molecule has 0 aromatic heterocycles. The van der Waals surface area contributed by atoms with Gasteiger partial charge in [-0.3, -0.25) is 4.79 Å². The molecule has 1 aromatic carbocycles. The molecular formula is C16H23BrN2O3S. The maximum absolute atomic E-state index is 12.1. The van der Waals surface area contributed by atoms with Crippen molar-refractivity contribution in [3.8, 4) is 0 Å². The number of benzene rings is 1. The molecule has 1 N–H and O–H groups in total. The summed E-state index contributed by atoms with van der Waals surface area (Å²) in [6.45, 7) is 3.61. The lowest BCUT2D eigenvalue weighted by atomic mass is 9.97. The SMILES string of the molecule is CC(CC(=O)NCC1CCN(S(C)(=O)=O)C1)c1ccccc1Br. The molecule has 1 aromatic rings. The zero-order valence-electron chi connectivity index (χ0n) is 13.5. The monoisotopic (exact) mass is 402 g/mol. The number of carbonyl (C=O) groups excluding carboxylic acids is 1. The normalized spacial score (nSPS) is 20.4. The molecule has 1 aliphatic rings. The Morgan fingerprint density at radius 2 is 2.13 bits per heavy atom. The number of carbonyl (C=O) groups is 1. The van der Waals surface area contributed by atoms with Crippen LogP contribution in [0, 0.1) is 5.92 Å². The molecule has 2 unspecified atom stereocenters. The second kappa shape index (κ2) is 7.77. The smallest absolute Gasteiger partial charge is 0.220 e. The van der Waals surface area contributed by atoms with Crippen molar-refractivity contribution in [3.05, 3.63) is 34.3 Å². The van der Waals surface area contributed by atoms with E-state index >= 15 is 0 Å². The number of sulfonamides is 1. The molecule has 2 rings (SSSR count). The van der Waals surface area contributed by atoms with Gasteiger partial charge in [-0.15, -0.1) is 0 Å². The van der Waals surface area contributed by atoms with Gasteiger partial charge in [0.25, 0.3) is 0 Å². The predicted molar refractivity (Wildman–Crippen MR) is 94.7 cm³/mol. The van der Waals surface area contributed by atoms with E-state index in [1.165, 1.54) is 10.6 Å². The molecule has 0 saturated carbocycles. The third-order valence-corrected chi connectivity index (χ3v) is 6.23. The summed E-state index contributed by atoms with van der Waals surface area (Å²) in [5, 5.41) is 2.94. The van der Waals surface area contributed by atoms with Crippen LogP contribution in [0.5, 0.6) is 0 Å². The van der Waals surface area contributed by atoms with Crippen LogP contribution in [0.2, 0.25) is 0 Å². The largest absolute Gasteiger partial charge is 0.356 e. The van der Waals surface area contributed by atoms with Crippen molar-refractivity contribution >= 4 is 31.9 Å². The molecule has 23 heavy (non-hydrogen) atoms. The molecule has 1 fully saturated rings. The van der Waals surface area contributed by atoms with Crippen LogP contribution in [0.1, 0.15) is 31.2 Å². The first-order valence-electron chi connectivity index (χ1n) is 7.73. The van der Waals surface area contributed by atoms with Gasteiger partial charge in [0.1, 0.15) is 0 Å². The van der Waals surface area contributed by atoms with E-state index in [0.717, 1.165) is 16.5 Å². The maximum Gasteiger partial charge on any atom is 0.220 e. The van der Waals surface area contributed by atoms with E-state index in [-0.39, 0.29) is 17.7 Å². The number of nitrogens with zero attached hydrogens (tertiary/aromatic N) is 1. The number of hydrogen-bond acceptors (Lipinski definition) is 3. The Labute approximate surface area is 146 Å². The lowest BCUT2D eigenvalue weighted by Gasteiger charge is -2.16. The van der Waals surface area contributed by atoms with Gasteiger partial charge in [-0.05, 0) is 29.9 Å². The summed E-state index contributed by atoms with van der Waals surface area (Å²) in [5.74, 6) is 0.333. The van der Waals surface area contributed by atoms with Gasteiger partial charge in [0, 0.05) is 30.5 Å². The zero-order chi connectivity index (χ0) is 17.0. The molecule has 1 amide bonds. The van der Waals surface area contributed by atoms with Crippen molar-refractivity contribution in [1.29, 1.82) is 0 Å². The molecule has 1 saturated heterocycles. The van der Waals surface area contributed by atoms with Gasteiger partial charge < -0.3 is 5.32 Å². The maximum atomic E-state index is 12.1. The van der Waals surface area contributed by atoms with Crippen LogP contribution < -0.4 is 5.32 Å². The van der Waals surface area contributed by atoms with E-state index in [2.05, 4.69) is 21.2 Å². The van der Waals surface area contributed by atoms with Crippen LogP contribution in [-0.4, -0.2) is 44.5 Å². The predicted octanol–water partition coefficient (Wildman–Crippen LogP) is 2.34. The van der Waals surface area contributed by atoms with Crippen molar-refractivity contribution in [1.82, 2.24) is 9.62 Å². The highest BCUT2D eigenvalue weighted by molar-refractivity contribution is 9.10. The molecule has 0 aliphatic carbocycles. The Kier molecular flexibility index (Phi) is 6.22. The minimum atomic E-state index is -3.12. The molecule has 5 nitrogen and oxygen atoms in total. The first-order chi connectivity index (χ1) is 10.8. The van der Waals surface area contributed by atoms with Crippen LogP contribution in [0.4, 0.5) is 0 Å². The second-order valence-electron chi connectivity index (χ2n) is 6.21. The summed E-state index contributed by atoms with van der Waals surface area (Å²) < 4.78 is 25.5. The van der Waals surface area contributed by atoms with Crippen LogP contribution in [0.25, 0.3) is 0 Å². The van der Waals surface area contributed by atoms with Crippen molar-refractivity contribution in [2.75, 3.05) is 25.9 Å². The lowest BCUT2D eigenvalue weighted by molar-refractivity contribution is -0.121. The van der Waals surface area contributed by atoms with Crippen molar-refractivity contribution < 1.29 is 13.2 Å². The van der Waals surface area contributed by atoms with Crippen LogP contribution in [0.3, 0.4) is 0 Å². The van der Waals surface area contributed by atoms with E-state index in [0.29, 0.717) is 26.1 Å². The number of nitrogens with one attached hydrogen (secondary N) is 1. The molecular weight excluding hydrogens is 380 g/mol. The highest BCUT2D eigenvalue weighted by atomic mass is 79.9. The van der Waals surface area contributed by atoms with Crippen molar-refractivity contribution in [2.45, 2.75) is 25.7 Å². The average Bonchev–Trinajstić information content (AvgIpc) is 2.94. The van der Waals surface area contributed by atoms with Gasteiger partial charge in [-0.2, -0.15) is 0 Å². The highest BCUT2D eigenvalue weighted by Crippen LogP contribution is 2.26. The molecule has 1 heterocycles. The fourth-order valence-electron chi connectivity index (χ4n) is 2.86. The second-order valence-corrected chi connectivity index (χ2v) is 9.04. The molecule has 0 bridgehead atoms. The number of hydrogen-bond donors (Lipinski definition) is 1. The molecule has 0 radical (unpaired) electrons. The van der Waals surface area contributed by atoms with E-state index in [9.17, 15) is 13.2 Å². The Balaban J connectivity index is 1.79. The highest BCUT2D eigenvalue weighted by Gasteiger charge is 2.28. The van der Waals surface area contributed by atoms with E-state index < -0.39 is 10.0 Å². The van der Waals surface area contributed by atoms with E-state index in [1.54, 1.807) is 0 Å². The third-order valence-electron chi connectivity index (χ3n) is 4.23. The van der Waals surface area contributed by atoms with Crippen LogP contribution >= 0.6 is 15.9 Å². The summed E-state index contributed by atoms with van der Waals surface area (Å²) >= 11 is 3.51. The standard InChI is InChI=1S/C16H23BrN2O3S/c1-12(14-5-3-4-6-15(14)17)9-16(20)18-10-13-7-8-19(11-13)23(2,21)22/h3-6,12-13H,7-11H2,1-2H3,(H,18,20). The van der Waals surface area contributed by atoms with Crippen molar-refractivity contribution in [2.24, 2.45) is 5.92 Å². The molecule has 2 atom stereocenters. The summed E-state index contributed by atoms with van der Waals surface area (Å²) in [6, 6.07) is 7.91. The molecule has 1 aliphatic heterocycles. The molecule has 0 spiro atoms. The van der Waals surface area contributed by atoms with Gasteiger partial charge in [-0.25, -0.2) is 12.7 Å². The summed E-state index contributed by atoms with van der Waals surface area (Å²) in [6.07, 6.45) is 2.45. The van der Waals surface area contributed by atoms with E-state index in [4.69, 9.17) is 0 Å². The number of halogens is 1. The Morgan fingerprint density at radius 1 is 1.43 bits per heavy atom. The Morgan fingerprint density at radius 3 is 2.74 bits per heavy atom. The Hall–Kier alpha value is -0.920. The summed E-state index contributed by atoms with van der Waals surface area (Å²) in [4.78, 5) is 12.1. The summed E-state index contributed by atoms with van der Waals surface area (Å²) in [7, 11) is -3.12. The van der Waals surface area contributed by atoms with Crippen LogP contribution in [-0.2, 0) is 14.8 Å². The minimum absolute atomic E-state index is 0.00561. The fraction of sp³-hybridized carbons (Fsp3) is 0.562. The summed E-state index contributed by atoms with van der Waals surface area (Å²) in [5.41, 5.74) is 1.12. The van der Waals surface area contributed by atoms with Crippen LogP contribution in [0.15, 0.2) is 28.7 Å². The average molecular weight is 403 g/mol. The van der Waals surface area contributed by atoms with Gasteiger partial charge >= 0.3 is 0 Å². The first-order valence-corrected chi connectivity index (χ1v) is 10.4. The van der Waals surface area contributed by atoms with Crippen molar-refractivity contribution in [3.63, 3.8) is 0 Å². The zero-order valence-corrected chi connectivity index (χ0v) is 15.9. The molecule has 128 valence electrons. The van der Waals surface area contributed by atoms with E-state index in [1.807, 2.05) is 31.2 Å². The van der Waals surface area contributed by atoms with Gasteiger partial charge in [0.05, 0.1) is 6.26 Å². The van der Waals surface area contributed by atoms with Gasteiger partial charge in [0.2, 0.25) is 15.9 Å². The fourth-order valence-corrected chi connectivity index (χ4v) is 4.45. The lowest BCUT2D eigenvalue weighted by Crippen LogP contribution is -2.33. The number of rotatable bonds is 6. The minimum Gasteiger partial charge on any atom is -0.356 e. The quantitative estimate of drug-likeness (QED) is 0.793. The topological polar surface area (TPSA) is 66.5 Å². The van der Waals surface area contributed by atoms with Gasteiger partial charge in [0.15, 0.2) is 0 Å². The molecule has 7 heteroatoms. The third kappa shape index (κ3) is 5.29. The van der Waals surface area contributed by atoms with Gasteiger partial charge in [-0.1, -0.05) is 41.1 Å². The Bertz CT molecular complexity index is 663.